The molecule has 0 unspecified atom stereocenters. The molecule has 0 saturated carbocycles. The van der Waals surface area contributed by atoms with Crippen LogP contribution >= 0.6 is 0 Å². The molecule has 1 saturated heterocycles. The van der Waals surface area contributed by atoms with Crippen molar-refractivity contribution in [3.8, 4) is 0 Å². The van der Waals surface area contributed by atoms with Crippen LogP contribution in [0.15, 0.2) is 30.3 Å². The smallest absolute Gasteiger partial charge is 0.308 e. The molecule has 0 radical (unpaired) electrons. The summed E-state index contributed by atoms with van der Waals surface area (Å²) in [5, 5.41) is 10.4. The molecule has 110 valence electrons. The molecule has 4 nitrogen and oxygen atoms in total. The second kappa shape index (κ2) is 5.45. The van der Waals surface area contributed by atoms with E-state index in [1.54, 1.807) is 0 Å². The number of hydrogen-bond donors (Lipinski definition) is 1. The highest BCUT2D eigenvalue weighted by atomic mass is 16.4. The van der Waals surface area contributed by atoms with E-state index >= 15 is 0 Å². The second-order valence-corrected chi connectivity index (χ2v) is 6.06. The van der Waals surface area contributed by atoms with Gasteiger partial charge in [-0.1, -0.05) is 25.1 Å². The van der Waals surface area contributed by atoms with Crippen LogP contribution in [0.1, 0.15) is 18.2 Å². The number of aromatic nitrogens is 1. The largest absolute Gasteiger partial charge is 0.481 e. The molecule has 4 heteroatoms. The van der Waals surface area contributed by atoms with Gasteiger partial charge in [0.1, 0.15) is 0 Å². The molecule has 1 fully saturated rings. The molecule has 0 aliphatic carbocycles. The van der Waals surface area contributed by atoms with Crippen LogP contribution in [0, 0.1) is 18.8 Å². The van der Waals surface area contributed by atoms with Crippen molar-refractivity contribution in [1.29, 1.82) is 0 Å². The molecule has 0 spiro atoms. The summed E-state index contributed by atoms with van der Waals surface area (Å²) in [4.78, 5) is 18.0. The van der Waals surface area contributed by atoms with E-state index in [-0.39, 0.29) is 11.8 Å². The van der Waals surface area contributed by atoms with Gasteiger partial charge in [0.15, 0.2) is 0 Å². The summed E-state index contributed by atoms with van der Waals surface area (Å²) in [6.45, 7) is 6.29. The normalized spacial score (nSPS) is 22.8. The van der Waals surface area contributed by atoms with Crippen LogP contribution in [0.25, 0.3) is 10.9 Å². The zero-order valence-electron chi connectivity index (χ0n) is 12.4. The quantitative estimate of drug-likeness (QED) is 0.941. The predicted octanol–water partition coefficient (Wildman–Crippen LogP) is 2.70. The number of aryl methyl sites for hydroxylation is 1. The summed E-state index contributed by atoms with van der Waals surface area (Å²) in [5.74, 6) is -0.725. The van der Waals surface area contributed by atoms with Crippen LogP contribution in [0.2, 0.25) is 0 Å². The number of rotatable bonds is 3. The van der Waals surface area contributed by atoms with E-state index in [1.807, 2.05) is 32.0 Å². The number of nitrogens with zero attached hydrogens (tertiary/aromatic N) is 2. The SMILES string of the molecule is Cc1cc(CN2C[C@@H](C)[C@H](C(=O)O)C2)c2ccccc2n1. The molecule has 1 aliphatic rings. The summed E-state index contributed by atoms with van der Waals surface area (Å²) in [6, 6.07) is 10.2. The molecular weight excluding hydrogens is 264 g/mol. The molecule has 1 aliphatic heterocycles. The van der Waals surface area contributed by atoms with E-state index in [0.717, 1.165) is 29.7 Å². The standard InChI is InChI=1S/C17H20N2O2/c1-11-8-19(10-15(11)17(20)21)9-13-7-12(2)18-16-6-4-3-5-14(13)16/h3-7,11,15H,8-10H2,1-2H3,(H,20,21)/t11-,15-/m1/s1. The van der Waals surface area contributed by atoms with Crippen molar-refractivity contribution < 1.29 is 9.90 Å². The average molecular weight is 284 g/mol. The van der Waals surface area contributed by atoms with Gasteiger partial charge >= 0.3 is 5.97 Å². The number of likely N-dealkylation sites (tertiary alicyclic amines) is 1. The lowest BCUT2D eigenvalue weighted by Gasteiger charge is -2.17. The van der Waals surface area contributed by atoms with Crippen molar-refractivity contribution in [2.45, 2.75) is 20.4 Å². The molecular formula is C17H20N2O2. The third kappa shape index (κ3) is 2.76. The van der Waals surface area contributed by atoms with Gasteiger partial charge in [0, 0.05) is 30.7 Å². The molecule has 2 heterocycles. The van der Waals surface area contributed by atoms with E-state index in [2.05, 4.69) is 22.0 Å². The summed E-state index contributed by atoms with van der Waals surface area (Å²) in [6.07, 6.45) is 0. The van der Waals surface area contributed by atoms with Gasteiger partial charge in [0.2, 0.25) is 0 Å². The van der Waals surface area contributed by atoms with Gasteiger partial charge in [0.25, 0.3) is 0 Å². The predicted molar refractivity (Wildman–Crippen MR) is 82.0 cm³/mol. The van der Waals surface area contributed by atoms with Gasteiger partial charge in [-0.2, -0.15) is 0 Å². The van der Waals surface area contributed by atoms with Gasteiger partial charge in [-0.25, -0.2) is 0 Å². The molecule has 3 rings (SSSR count). The number of fused-ring (bicyclic) bond motifs is 1. The topological polar surface area (TPSA) is 53.4 Å². The minimum Gasteiger partial charge on any atom is -0.481 e. The molecule has 2 atom stereocenters. The number of pyridine rings is 1. The average Bonchev–Trinajstić information content (AvgIpc) is 2.79. The van der Waals surface area contributed by atoms with Crippen LogP contribution in [0.5, 0.6) is 0 Å². The Kier molecular flexibility index (Phi) is 3.64. The first kappa shape index (κ1) is 14.0. The van der Waals surface area contributed by atoms with E-state index in [1.165, 1.54) is 5.56 Å². The Morgan fingerprint density at radius 3 is 2.86 bits per heavy atom. The van der Waals surface area contributed by atoms with Gasteiger partial charge in [-0.3, -0.25) is 14.7 Å². The van der Waals surface area contributed by atoms with Crippen molar-refractivity contribution >= 4 is 16.9 Å². The Labute approximate surface area is 124 Å². The first-order valence-electron chi connectivity index (χ1n) is 7.35. The Morgan fingerprint density at radius 2 is 2.14 bits per heavy atom. The number of aliphatic carboxylic acids is 1. The third-order valence-corrected chi connectivity index (χ3v) is 4.33. The van der Waals surface area contributed by atoms with E-state index in [0.29, 0.717) is 6.54 Å². The number of benzene rings is 1. The first-order chi connectivity index (χ1) is 10.0. The fourth-order valence-electron chi connectivity index (χ4n) is 3.28. The van der Waals surface area contributed by atoms with Crippen molar-refractivity contribution in [2.75, 3.05) is 13.1 Å². The lowest BCUT2D eigenvalue weighted by Crippen LogP contribution is -2.23. The fourth-order valence-corrected chi connectivity index (χ4v) is 3.28. The highest BCUT2D eigenvalue weighted by molar-refractivity contribution is 5.82. The fraction of sp³-hybridized carbons (Fsp3) is 0.412. The summed E-state index contributed by atoms with van der Waals surface area (Å²) >= 11 is 0. The third-order valence-electron chi connectivity index (χ3n) is 4.33. The maximum atomic E-state index is 11.2. The minimum atomic E-state index is -0.680. The molecule has 1 aromatic heterocycles. The van der Waals surface area contributed by atoms with Crippen LogP contribution in [0.4, 0.5) is 0 Å². The summed E-state index contributed by atoms with van der Waals surface area (Å²) < 4.78 is 0. The first-order valence-corrected chi connectivity index (χ1v) is 7.35. The van der Waals surface area contributed by atoms with Gasteiger partial charge in [-0.05, 0) is 30.5 Å². The van der Waals surface area contributed by atoms with Crippen molar-refractivity contribution in [3.63, 3.8) is 0 Å². The van der Waals surface area contributed by atoms with Crippen LogP contribution in [0.3, 0.4) is 0 Å². The molecule has 2 aromatic rings. The number of carbonyl (C=O) groups is 1. The number of carboxylic acids is 1. The van der Waals surface area contributed by atoms with E-state index in [9.17, 15) is 9.90 Å². The lowest BCUT2D eigenvalue weighted by molar-refractivity contribution is -0.142. The number of para-hydroxylation sites is 1. The van der Waals surface area contributed by atoms with E-state index in [4.69, 9.17) is 0 Å². The molecule has 0 bridgehead atoms. The van der Waals surface area contributed by atoms with Crippen LogP contribution in [-0.2, 0) is 11.3 Å². The Bertz CT molecular complexity index is 684. The van der Waals surface area contributed by atoms with Gasteiger partial charge < -0.3 is 5.11 Å². The molecule has 0 amide bonds. The zero-order chi connectivity index (χ0) is 15.0. The number of carboxylic acid groups (broad SMARTS) is 1. The zero-order valence-corrected chi connectivity index (χ0v) is 12.4. The van der Waals surface area contributed by atoms with Crippen LogP contribution < -0.4 is 0 Å². The Hall–Kier alpha value is -1.94. The Balaban J connectivity index is 1.87. The highest BCUT2D eigenvalue weighted by Crippen LogP contribution is 2.27. The molecule has 1 N–H and O–H groups in total. The summed E-state index contributed by atoms with van der Waals surface area (Å²) in [5.41, 5.74) is 3.25. The lowest BCUT2D eigenvalue weighted by atomic mass is 9.99. The minimum absolute atomic E-state index is 0.205. The maximum absolute atomic E-state index is 11.2. The molecule has 21 heavy (non-hydrogen) atoms. The van der Waals surface area contributed by atoms with Crippen molar-refractivity contribution in [2.24, 2.45) is 11.8 Å². The summed E-state index contributed by atoms with van der Waals surface area (Å²) in [7, 11) is 0. The van der Waals surface area contributed by atoms with E-state index < -0.39 is 5.97 Å². The molecule has 1 aromatic carbocycles. The van der Waals surface area contributed by atoms with Gasteiger partial charge in [-0.15, -0.1) is 0 Å². The van der Waals surface area contributed by atoms with Gasteiger partial charge in [0.05, 0.1) is 11.4 Å². The Morgan fingerprint density at radius 1 is 1.38 bits per heavy atom. The van der Waals surface area contributed by atoms with Crippen molar-refractivity contribution in [3.05, 3.63) is 41.6 Å². The highest BCUT2D eigenvalue weighted by Gasteiger charge is 2.34. The van der Waals surface area contributed by atoms with Crippen LogP contribution in [-0.4, -0.2) is 34.0 Å². The monoisotopic (exact) mass is 284 g/mol. The second-order valence-electron chi connectivity index (χ2n) is 6.06. The number of hydrogen-bond acceptors (Lipinski definition) is 3. The van der Waals surface area contributed by atoms with Crippen molar-refractivity contribution in [1.82, 2.24) is 9.88 Å². The maximum Gasteiger partial charge on any atom is 0.308 e.